The van der Waals surface area contributed by atoms with Gasteiger partial charge in [0.25, 0.3) is 6.71 Å². The van der Waals surface area contributed by atoms with E-state index < -0.39 is 0 Å². The summed E-state index contributed by atoms with van der Waals surface area (Å²) in [7, 11) is 0. The van der Waals surface area contributed by atoms with Gasteiger partial charge in [-0.05, 0) is 87.2 Å². The maximum Gasteiger partial charge on any atom is 0.252 e. The van der Waals surface area contributed by atoms with Crippen molar-refractivity contribution in [2.45, 2.75) is 12.8 Å². The number of rotatable bonds is 10. The monoisotopic (exact) mass is 716 g/mol. The van der Waals surface area contributed by atoms with Crippen LogP contribution >= 0.6 is 0 Å². The standard InChI is InChI=1S/C48H37BN2O4/c52-25-5-27-54-33-18-13-30(14-19-33)32-17-22-36-37-8-3-9-39-47(37)51(44(36)29-32)43-12-4-11-42-46(43)49(39)40-24-23-35(31-15-20-34(21-16-31)55-28-6-26-53)45-38-7-1-2-10-41(38)50(42)48(40)45/h1-4,7-24,29,52-53H,5-6,25-28H2. The zero-order valence-electron chi connectivity index (χ0n) is 30.2. The Hall–Kier alpha value is -6.28. The van der Waals surface area contributed by atoms with Crippen LogP contribution in [0.25, 0.3) is 77.2 Å². The maximum atomic E-state index is 9.20. The maximum absolute atomic E-state index is 9.20. The molecule has 6 nitrogen and oxygen atoms in total. The van der Waals surface area contributed by atoms with Crippen molar-refractivity contribution in [2.24, 2.45) is 0 Å². The van der Waals surface area contributed by atoms with Crippen LogP contribution < -0.4 is 25.9 Å². The van der Waals surface area contributed by atoms with Crippen molar-refractivity contribution < 1.29 is 19.7 Å². The second-order valence-corrected chi connectivity index (χ2v) is 14.6. The van der Waals surface area contributed by atoms with E-state index in [1.165, 1.54) is 76.9 Å². The van der Waals surface area contributed by atoms with Gasteiger partial charge in [-0.3, -0.25) is 0 Å². The van der Waals surface area contributed by atoms with Crippen LogP contribution in [0.15, 0.2) is 140 Å². The van der Waals surface area contributed by atoms with Crippen molar-refractivity contribution in [3.63, 3.8) is 0 Å². The van der Waals surface area contributed by atoms with Gasteiger partial charge >= 0.3 is 0 Å². The number of hydrogen-bond acceptors (Lipinski definition) is 4. The molecule has 0 saturated heterocycles. The Morgan fingerprint density at radius 2 is 1.11 bits per heavy atom. The van der Waals surface area contributed by atoms with E-state index in [0.717, 1.165) is 28.2 Å². The molecule has 0 atom stereocenters. The summed E-state index contributed by atoms with van der Waals surface area (Å²) in [6, 6.07) is 50.7. The summed E-state index contributed by atoms with van der Waals surface area (Å²) in [5.41, 5.74) is 16.0. The van der Waals surface area contributed by atoms with Gasteiger partial charge in [0.2, 0.25) is 0 Å². The molecule has 0 aliphatic carbocycles. The number of hydrogen-bond donors (Lipinski definition) is 2. The van der Waals surface area contributed by atoms with Crippen LogP contribution in [0.4, 0.5) is 0 Å². The summed E-state index contributed by atoms with van der Waals surface area (Å²) in [5, 5.41) is 23.4. The average Bonchev–Trinajstić information content (AvgIpc) is 3.76. The van der Waals surface area contributed by atoms with Gasteiger partial charge in [-0.1, -0.05) is 91.0 Å². The molecule has 0 bridgehead atoms. The molecule has 2 N–H and O–H groups in total. The van der Waals surface area contributed by atoms with Crippen LogP contribution in [0.5, 0.6) is 11.5 Å². The number of fused-ring (bicyclic) bond motifs is 10. The first-order valence-corrected chi connectivity index (χ1v) is 19.2. The summed E-state index contributed by atoms with van der Waals surface area (Å²) >= 11 is 0. The molecule has 55 heavy (non-hydrogen) atoms. The lowest BCUT2D eigenvalue weighted by Gasteiger charge is -2.33. The van der Waals surface area contributed by atoms with E-state index in [4.69, 9.17) is 14.6 Å². The smallest absolute Gasteiger partial charge is 0.252 e. The Bertz CT molecular complexity index is 2940. The molecule has 266 valence electrons. The number of para-hydroxylation sites is 2. The van der Waals surface area contributed by atoms with Crippen molar-refractivity contribution in [3.8, 4) is 45.1 Å². The predicted octanol–water partition coefficient (Wildman–Crippen LogP) is 7.88. The lowest BCUT2D eigenvalue weighted by Crippen LogP contribution is -2.59. The number of nitrogens with zero attached hydrogens (tertiary/aromatic N) is 2. The van der Waals surface area contributed by atoms with Gasteiger partial charge in [0, 0.05) is 70.0 Å². The summed E-state index contributed by atoms with van der Waals surface area (Å²) in [6.45, 7) is 1.31. The molecule has 2 aliphatic heterocycles. The highest BCUT2D eigenvalue weighted by atomic mass is 16.5. The van der Waals surface area contributed by atoms with Crippen molar-refractivity contribution in [3.05, 3.63) is 140 Å². The fraction of sp³-hybridized carbons (Fsp3) is 0.125. The third-order valence-corrected chi connectivity index (χ3v) is 11.6. The third kappa shape index (κ3) is 4.76. The minimum atomic E-state index is 0.0697. The molecule has 11 rings (SSSR count). The molecule has 0 saturated carbocycles. The summed E-state index contributed by atoms with van der Waals surface area (Å²) in [6.07, 6.45) is 1.23. The minimum absolute atomic E-state index is 0.0697. The molecule has 4 heterocycles. The molecule has 2 aromatic heterocycles. The Morgan fingerprint density at radius 1 is 0.491 bits per heavy atom. The quantitative estimate of drug-likeness (QED) is 0.112. The van der Waals surface area contributed by atoms with Gasteiger partial charge in [-0.2, -0.15) is 0 Å². The van der Waals surface area contributed by atoms with E-state index in [9.17, 15) is 5.11 Å². The van der Waals surface area contributed by atoms with E-state index in [2.05, 4.69) is 124 Å². The molecular formula is C48H37BN2O4. The number of aromatic nitrogens is 2. The van der Waals surface area contributed by atoms with Crippen LogP contribution in [-0.2, 0) is 0 Å². The fourth-order valence-electron chi connectivity index (χ4n) is 9.29. The number of aliphatic hydroxyl groups is 2. The second kappa shape index (κ2) is 12.7. The SMILES string of the molecule is OCCCOc1ccc(-c2ccc3c4cccc5c4n(c3c2)-c2cccc3c2B5c2ccc(-c4ccc(OCCCO)cc4)c4c5ccccc5n-3c24)cc1. The van der Waals surface area contributed by atoms with Crippen LogP contribution in [-0.4, -0.2) is 52.5 Å². The van der Waals surface area contributed by atoms with E-state index >= 15 is 0 Å². The van der Waals surface area contributed by atoms with Gasteiger partial charge < -0.3 is 28.8 Å². The van der Waals surface area contributed by atoms with Gasteiger partial charge in [0.05, 0.1) is 24.2 Å². The number of aliphatic hydroxyl groups excluding tert-OH is 2. The molecular weight excluding hydrogens is 679 g/mol. The van der Waals surface area contributed by atoms with Gasteiger partial charge in [0.1, 0.15) is 11.5 Å². The highest BCUT2D eigenvalue weighted by Gasteiger charge is 2.40. The molecule has 0 radical (unpaired) electrons. The molecule has 9 aromatic rings. The van der Waals surface area contributed by atoms with Crippen LogP contribution in [0.3, 0.4) is 0 Å². The molecule has 0 unspecified atom stereocenters. The Kier molecular flexibility index (Phi) is 7.41. The lowest BCUT2D eigenvalue weighted by atomic mass is 9.34. The number of benzene rings is 7. The van der Waals surface area contributed by atoms with E-state index in [1.54, 1.807) is 0 Å². The Morgan fingerprint density at radius 3 is 1.84 bits per heavy atom. The summed E-state index contributed by atoms with van der Waals surface area (Å²) in [4.78, 5) is 0. The lowest BCUT2D eigenvalue weighted by molar-refractivity contribution is 0.233. The molecule has 0 amide bonds. The Labute approximate surface area is 318 Å². The van der Waals surface area contributed by atoms with Crippen molar-refractivity contribution >= 4 is 66.7 Å². The molecule has 2 aliphatic rings. The van der Waals surface area contributed by atoms with E-state index in [0.29, 0.717) is 26.1 Å². The van der Waals surface area contributed by atoms with Crippen LogP contribution in [0, 0.1) is 0 Å². The summed E-state index contributed by atoms with van der Waals surface area (Å²) in [5.74, 6) is 1.62. The molecule has 7 aromatic carbocycles. The third-order valence-electron chi connectivity index (χ3n) is 11.6. The van der Waals surface area contributed by atoms with Gasteiger partial charge in [0.15, 0.2) is 0 Å². The minimum Gasteiger partial charge on any atom is -0.494 e. The van der Waals surface area contributed by atoms with Crippen LogP contribution in [0.2, 0.25) is 0 Å². The predicted molar refractivity (Wildman–Crippen MR) is 225 cm³/mol. The highest BCUT2D eigenvalue weighted by Crippen LogP contribution is 2.42. The first-order chi connectivity index (χ1) is 27.2. The molecule has 7 heteroatoms. The molecule has 0 fully saturated rings. The van der Waals surface area contributed by atoms with Crippen molar-refractivity contribution in [1.29, 1.82) is 0 Å². The second-order valence-electron chi connectivity index (χ2n) is 14.6. The van der Waals surface area contributed by atoms with Gasteiger partial charge in [-0.25, -0.2) is 0 Å². The van der Waals surface area contributed by atoms with E-state index in [1.807, 2.05) is 24.3 Å². The first-order valence-electron chi connectivity index (χ1n) is 19.2. The molecule has 0 spiro atoms. The van der Waals surface area contributed by atoms with Crippen LogP contribution in [0.1, 0.15) is 12.8 Å². The van der Waals surface area contributed by atoms with Crippen molar-refractivity contribution in [1.82, 2.24) is 9.13 Å². The zero-order valence-corrected chi connectivity index (χ0v) is 30.2. The largest absolute Gasteiger partial charge is 0.494 e. The summed E-state index contributed by atoms with van der Waals surface area (Å²) < 4.78 is 16.7. The Balaban J connectivity index is 1.11. The van der Waals surface area contributed by atoms with Gasteiger partial charge in [-0.15, -0.1) is 0 Å². The topological polar surface area (TPSA) is 68.8 Å². The van der Waals surface area contributed by atoms with Crippen molar-refractivity contribution in [2.75, 3.05) is 26.4 Å². The number of ether oxygens (including phenoxy) is 2. The fourth-order valence-corrected chi connectivity index (χ4v) is 9.29. The average molecular weight is 717 g/mol. The normalized spacial score (nSPS) is 12.6. The van der Waals surface area contributed by atoms with E-state index in [-0.39, 0.29) is 19.9 Å². The highest BCUT2D eigenvalue weighted by molar-refractivity contribution is 7.00. The first kappa shape index (κ1) is 32.2. The zero-order chi connectivity index (χ0) is 36.6.